The highest BCUT2D eigenvalue weighted by atomic mass is 16.5. The maximum absolute atomic E-state index is 8.65. The number of aryl methyl sites for hydroxylation is 1. The Hall–Kier alpha value is -0.900. The van der Waals surface area contributed by atoms with Crippen molar-refractivity contribution >= 4 is 0 Å². The van der Waals surface area contributed by atoms with Crippen LogP contribution in [0.5, 0.6) is 0 Å². The zero-order valence-electron chi connectivity index (χ0n) is 12.3. The zero-order chi connectivity index (χ0) is 14.0. The number of aliphatic hydroxyl groups excluding tert-OH is 1. The summed E-state index contributed by atoms with van der Waals surface area (Å²) in [4.78, 5) is 2.48. The molecule has 112 valence electrons. The lowest BCUT2D eigenvalue weighted by Crippen LogP contribution is -2.36. The van der Waals surface area contributed by atoms with Gasteiger partial charge >= 0.3 is 0 Å². The minimum Gasteiger partial charge on any atom is -0.394 e. The fourth-order valence-electron chi connectivity index (χ4n) is 2.87. The molecule has 1 aliphatic heterocycles. The Bertz CT molecular complexity index is 347. The van der Waals surface area contributed by atoms with E-state index in [9.17, 15) is 0 Å². The van der Waals surface area contributed by atoms with E-state index in [0.29, 0.717) is 6.61 Å². The van der Waals surface area contributed by atoms with E-state index in [0.717, 1.165) is 19.1 Å². The number of piperidine rings is 1. The molecule has 0 atom stereocenters. The largest absolute Gasteiger partial charge is 0.394 e. The number of hydrogen-bond acceptors (Lipinski definition) is 3. The molecule has 0 unspecified atom stereocenters. The first-order valence-corrected chi connectivity index (χ1v) is 7.83. The second-order valence-corrected chi connectivity index (χ2v) is 5.65. The first-order valence-electron chi connectivity index (χ1n) is 7.83. The van der Waals surface area contributed by atoms with Crippen LogP contribution in [0.25, 0.3) is 0 Å². The third kappa shape index (κ3) is 5.61. The van der Waals surface area contributed by atoms with E-state index in [4.69, 9.17) is 9.84 Å². The Balaban J connectivity index is 1.57. The average Bonchev–Trinajstić information content (AvgIpc) is 2.52. The smallest absolute Gasteiger partial charge is 0.0698 e. The van der Waals surface area contributed by atoms with Crippen molar-refractivity contribution in [3.05, 3.63) is 35.9 Å². The quantitative estimate of drug-likeness (QED) is 0.740. The molecule has 1 aromatic carbocycles. The Kier molecular flexibility index (Phi) is 7.06. The van der Waals surface area contributed by atoms with E-state index >= 15 is 0 Å². The Labute approximate surface area is 122 Å². The number of rotatable bonds is 8. The van der Waals surface area contributed by atoms with Crippen LogP contribution < -0.4 is 0 Å². The molecule has 1 fully saturated rings. The Morgan fingerprint density at radius 2 is 1.85 bits per heavy atom. The van der Waals surface area contributed by atoms with Gasteiger partial charge in [-0.2, -0.15) is 0 Å². The van der Waals surface area contributed by atoms with Gasteiger partial charge in [0.25, 0.3) is 0 Å². The highest BCUT2D eigenvalue weighted by Crippen LogP contribution is 2.22. The topological polar surface area (TPSA) is 32.7 Å². The molecule has 3 nitrogen and oxygen atoms in total. The molecule has 20 heavy (non-hydrogen) atoms. The predicted molar refractivity (Wildman–Crippen MR) is 81.8 cm³/mol. The molecule has 1 saturated heterocycles. The van der Waals surface area contributed by atoms with Crippen LogP contribution in [0.4, 0.5) is 0 Å². The normalized spacial score (nSPS) is 17.4. The van der Waals surface area contributed by atoms with Crippen molar-refractivity contribution in [1.82, 2.24) is 4.90 Å². The lowest BCUT2D eigenvalue weighted by atomic mass is 9.90. The molecule has 3 heteroatoms. The van der Waals surface area contributed by atoms with Gasteiger partial charge in [0.15, 0.2) is 0 Å². The SMILES string of the molecule is OCCOCCN1CCC(CCc2ccccc2)CC1. The number of hydrogen-bond donors (Lipinski definition) is 1. The van der Waals surface area contributed by atoms with E-state index < -0.39 is 0 Å². The molecule has 0 radical (unpaired) electrons. The van der Waals surface area contributed by atoms with Crippen molar-refractivity contribution in [3.8, 4) is 0 Å². The molecule has 0 aromatic heterocycles. The third-order valence-corrected chi connectivity index (χ3v) is 4.18. The maximum Gasteiger partial charge on any atom is 0.0698 e. The molecule has 1 aromatic rings. The average molecular weight is 277 g/mol. The van der Waals surface area contributed by atoms with Gasteiger partial charge in [0, 0.05) is 6.54 Å². The minimum atomic E-state index is 0.127. The molecule has 2 rings (SSSR count). The monoisotopic (exact) mass is 277 g/mol. The van der Waals surface area contributed by atoms with Gasteiger partial charge in [-0.25, -0.2) is 0 Å². The first kappa shape index (κ1) is 15.5. The van der Waals surface area contributed by atoms with Crippen molar-refractivity contribution < 1.29 is 9.84 Å². The van der Waals surface area contributed by atoms with Gasteiger partial charge < -0.3 is 14.7 Å². The van der Waals surface area contributed by atoms with Crippen LogP contribution >= 0.6 is 0 Å². The second kappa shape index (κ2) is 9.11. The molecule has 0 saturated carbocycles. The number of ether oxygens (including phenoxy) is 1. The van der Waals surface area contributed by atoms with Crippen molar-refractivity contribution in [1.29, 1.82) is 0 Å². The van der Waals surface area contributed by atoms with Crippen LogP contribution in [0.3, 0.4) is 0 Å². The van der Waals surface area contributed by atoms with Crippen molar-refractivity contribution in [2.75, 3.05) is 39.5 Å². The maximum atomic E-state index is 8.65. The second-order valence-electron chi connectivity index (χ2n) is 5.65. The highest BCUT2D eigenvalue weighted by Gasteiger charge is 2.18. The molecule has 1 N–H and O–H groups in total. The lowest BCUT2D eigenvalue weighted by Gasteiger charge is -2.31. The van der Waals surface area contributed by atoms with Gasteiger partial charge in [-0.05, 0) is 50.3 Å². The number of nitrogens with zero attached hydrogens (tertiary/aromatic N) is 1. The third-order valence-electron chi connectivity index (χ3n) is 4.18. The van der Waals surface area contributed by atoms with Gasteiger partial charge in [0.2, 0.25) is 0 Å². The molecule has 0 bridgehead atoms. The standard InChI is InChI=1S/C17H27NO2/c19-13-15-20-14-12-18-10-8-17(9-11-18)7-6-16-4-2-1-3-5-16/h1-5,17,19H,6-15H2. The van der Waals surface area contributed by atoms with Crippen LogP contribution in [0.1, 0.15) is 24.8 Å². The van der Waals surface area contributed by atoms with Crippen molar-refractivity contribution in [3.63, 3.8) is 0 Å². The van der Waals surface area contributed by atoms with E-state index in [-0.39, 0.29) is 6.61 Å². The summed E-state index contributed by atoms with van der Waals surface area (Å²) in [5.41, 5.74) is 1.47. The molecular formula is C17H27NO2. The predicted octanol–water partition coefficient (Wildman–Crippen LogP) is 2.34. The van der Waals surface area contributed by atoms with Crippen LogP contribution in [0.2, 0.25) is 0 Å². The summed E-state index contributed by atoms with van der Waals surface area (Å²) in [6, 6.07) is 10.8. The fourth-order valence-corrected chi connectivity index (χ4v) is 2.87. The zero-order valence-corrected chi connectivity index (χ0v) is 12.3. The van der Waals surface area contributed by atoms with Crippen molar-refractivity contribution in [2.24, 2.45) is 5.92 Å². The molecule has 0 aliphatic carbocycles. The van der Waals surface area contributed by atoms with Crippen LogP contribution in [-0.2, 0) is 11.2 Å². The number of benzene rings is 1. The van der Waals surface area contributed by atoms with Crippen molar-refractivity contribution in [2.45, 2.75) is 25.7 Å². The summed E-state index contributed by atoms with van der Waals surface area (Å²) in [5.74, 6) is 0.879. The van der Waals surface area contributed by atoms with Gasteiger partial charge in [0.1, 0.15) is 0 Å². The number of likely N-dealkylation sites (tertiary alicyclic amines) is 1. The Morgan fingerprint density at radius 3 is 2.55 bits per heavy atom. The summed E-state index contributed by atoms with van der Waals surface area (Å²) >= 11 is 0. The first-order chi connectivity index (χ1) is 9.88. The summed E-state index contributed by atoms with van der Waals surface area (Å²) in [5, 5.41) is 8.65. The van der Waals surface area contributed by atoms with Gasteiger partial charge in [-0.15, -0.1) is 0 Å². The summed E-state index contributed by atoms with van der Waals surface area (Å²) in [7, 11) is 0. The van der Waals surface area contributed by atoms with E-state index in [1.807, 2.05) is 0 Å². The van der Waals surface area contributed by atoms with Crippen LogP contribution in [0.15, 0.2) is 30.3 Å². The van der Waals surface area contributed by atoms with E-state index in [2.05, 4.69) is 35.2 Å². The van der Waals surface area contributed by atoms with Gasteiger partial charge in [-0.3, -0.25) is 0 Å². The van der Waals surface area contributed by atoms with Crippen LogP contribution in [-0.4, -0.2) is 49.5 Å². The fraction of sp³-hybridized carbons (Fsp3) is 0.647. The molecule has 0 spiro atoms. The van der Waals surface area contributed by atoms with Crippen LogP contribution in [0, 0.1) is 5.92 Å². The summed E-state index contributed by atoms with van der Waals surface area (Å²) in [6.45, 7) is 4.74. The molecule has 1 aliphatic rings. The van der Waals surface area contributed by atoms with Gasteiger partial charge in [-0.1, -0.05) is 30.3 Å². The molecule has 1 heterocycles. The Morgan fingerprint density at radius 1 is 1.10 bits per heavy atom. The lowest BCUT2D eigenvalue weighted by molar-refractivity contribution is 0.0644. The summed E-state index contributed by atoms with van der Waals surface area (Å²) in [6.07, 6.45) is 5.16. The number of aliphatic hydroxyl groups is 1. The minimum absolute atomic E-state index is 0.127. The van der Waals surface area contributed by atoms with E-state index in [1.54, 1.807) is 0 Å². The highest BCUT2D eigenvalue weighted by molar-refractivity contribution is 5.14. The van der Waals surface area contributed by atoms with E-state index in [1.165, 1.54) is 44.3 Å². The molecule has 0 amide bonds. The molecular weight excluding hydrogens is 250 g/mol. The van der Waals surface area contributed by atoms with Gasteiger partial charge in [0.05, 0.1) is 19.8 Å². The summed E-state index contributed by atoms with van der Waals surface area (Å²) < 4.78 is 5.33.